The maximum absolute atomic E-state index is 2.34. The zero-order valence-electron chi connectivity index (χ0n) is 20.4. The van der Waals surface area contributed by atoms with Crippen LogP contribution in [0.15, 0.2) is 115 Å². The van der Waals surface area contributed by atoms with Crippen molar-refractivity contribution in [2.24, 2.45) is 14.1 Å². The van der Waals surface area contributed by atoms with Gasteiger partial charge < -0.3 is 9.13 Å². The number of benzene rings is 4. The lowest BCUT2D eigenvalue weighted by Gasteiger charge is -2.15. The van der Waals surface area contributed by atoms with E-state index in [1.54, 1.807) is 0 Å². The second kappa shape index (κ2) is 8.48. The Bertz CT molecular complexity index is 1570. The van der Waals surface area contributed by atoms with Crippen molar-refractivity contribution in [3.05, 3.63) is 126 Å². The average Bonchev–Trinajstić information content (AvgIpc) is 3.38. The average molecular weight is 453 g/mol. The highest BCUT2D eigenvalue weighted by Crippen LogP contribution is 2.45. The molecular weight excluding hydrogens is 424 g/mol. The third-order valence-corrected chi connectivity index (χ3v) is 7.14. The summed E-state index contributed by atoms with van der Waals surface area (Å²) in [5.74, 6) is 0. The molecule has 2 aromatic heterocycles. The topological polar surface area (TPSA) is 9.86 Å². The van der Waals surface area contributed by atoms with Gasteiger partial charge in [0, 0.05) is 47.0 Å². The van der Waals surface area contributed by atoms with E-state index in [0.717, 1.165) is 0 Å². The van der Waals surface area contributed by atoms with Gasteiger partial charge in [-0.2, -0.15) is 0 Å². The van der Waals surface area contributed by atoms with Gasteiger partial charge in [0.2, 0.25) is 0 Å². The van der Waals surface area contributed by atoms with Crippen LogP contribution in [0.2, 0.25) is 0 Å². The van der Waals surface area contributed by atoms with Gasteiger partial charge >= 0.3 is 0 Å². The van der Waals surface area contributed by atoms with E-state index in [9.17, 15) is 0 Å². The van der Waals surface area contributed by atoms with E-state index in [1.807, 2.05) is 0 Å². The summed E-state index contributed by atoms with van der Waals surface area (Å²) in [5.41, 5.74) is 11.2. The molecule has 2 nitrogen and oxygen atoms in total. The molecule has 35 heavy (non-hydrogen) atoms. The van der Waals surface area contributed by atoms with Gasteiger partial charge in [-0.15, -0.1) is 0 Å². The first kappa shape index (κ1) is 21.2. The number of hydrogen-bond acceptors (Lipinski definition) is 0. The number of nitrogens with zero attached hydrogens (tertiary/aromatic N) is 2. The Kier molecular flexibility index (Phi) is 5.15. The van der Waals surface area contributed by atoms with Gasteiger partial charge in [0.05, 0.1) is 11.4 Å². The van der Waals surface area contributed by atoms with Crippen LogP contribution in [-0.4, -0.2) is 9.13 Å². The summed E-state index contributed by atoms with van der Waals surface area (Å²) in [4.78, 5) is 0. The summed E-state index contributed by atoms with van der Waals surface area (Å²) in [7, 11) is 4.37. The summed E-state index contributed by atoms with van der Waals surface area (Å²) < 4.78 is 4.69. The fourth-order valence-corrected chi connectivity index (χ4v) is 5.61. The van der Waals surface area contributed by atoms with Crippen LogP contribution in [0.3, 0.4) is 0 Å². The van der Waals surface area contributed by atoms with Crippen LogP contribution in [0.5, 0.6) is 0 Å². The molecule has 2 heterocycles. The Hall–Kier alpha value is -4.30. The molecule has 0 N–H and O–H groups in total. The standard InChI is InChI=1S/C33H28N2/c1-4-25(30-26-19-11-13-21-28(26)34(2)32(30)23-15-7-5-8-16-23)31-27-20-12-14-22-29(27)35(3)33(31)24-17-9-6-10-18-24/h4-22H,1-3H3. The van der Waals surface area contributed by atoms with Crippen molar-refractivity contribution in [1.82, 2.24) is 9.13 Å². The quantitative estimate of drug-likeness (QED) is 0.254. The molecule has 2 heteroatoms. The normalized spacial score (nSPS) is 11.3. The number of hydrogen-bond donors (Lipinski definition) is 0. The van der Waals surface area contributed by atoms with Crippen LogP contribution >= 0.6 is 0 Å². The first-order valence-corrected chi connectivity index (χ1v) is 12.1. The minimum Gasteiger partial charge on any atom is -0.343 e. The summed E-state index contributed by atoms with van der Waals surface area (Å²) >= 11 is 0. The lowest BCUT2D eigenvalue weighted by Crippen LogP contribution is -1.98. The SMILES string of the molecule is CC=C(c1c(-c2ccccc2)n(C)c2ccccc12)c1c(-c2ccccc2)n(C)c2ccccc12. The summed E-state index contributed by atoms with van der Waals surface area (Å²) in [5, 5.41) is 2.54. The maximum Gasteiger partial charge on any atom is 0.0568 e. The lowest BCUT2D eigenvalue weighted by molar-refractivity contribution is 0.974. The van der Waals surface area contributed by atoms with E-state index < -0.39 is 0 Å². The minimum atomic E-state index is 1.22. The van der Waals surface area contributed by atoms with Crippen LogP contribution in [-0.2, 0) is 14.1 Å². The van der Waals surface area contributed by atoms with Crippen LogP contribution < -0.4 is 0 Å². The number of aryl methyl sites for hydroxylation is 2. The van der Waals surface area contributed by atoms with Gasteiger partial charge in [0.1, 0.15) is 0 Å². The molecule has 0 atom stereocenters. The lowest BCUT2D eigenvalue weighted by atomic mass is 9.89. The van der Waals surface area contributed by atoms with E-state index in [4.69, 9.17) is 0 Å². The highest BCUT2D eigenvalue weighted by Gasteiger charge is 2.25. The molecule has 0 aliphatic heterocycles. The molecule has 0 spiro atoms. The van der Waals surface area contributed by atoms with E-state index in [-0.39, 0.29) is 0 Å². The minimum absolute atomic E-state index is 1.22. The molecule has 4 aromatic carbocycles. The Morgan fingerprint density at radius 2 is 0.886 bits per heavy atom. The predicted octanol–water partition coefficient (Wildman–Crippen LogP) is 8.46. The third-order valence-electron chi connectivity index (χ3n) is 7.14. The Morgan fingerprint density at radius 3 is 1.29 bits per heavy atom. The largest absolute Gasteiger partial charge is 0.343 e. The molecule has 0 unspecified atom stereocenters. The summed E-state index contributed by atoms with van der Waals surface area (Å²) in [6, 6.07) is 39.0. The van der Waals surface area contributed by atoms with Crippen LogP contribution in [0, 0.1) is 0 Å². The molecule has 0 amide bonds. The summed E-state index contributed by atoms with van der Waals surface area (Å²) in [6.07, 6.45) is 2.29. The van der Waals surface area contributed by atoms with E-state index in [1.165, 1.54) is 61.0 Å². The predicted molar refractivity (Wildman–Crippen MR) is 149 cm³/mol. The second-order valence-electron chi connectivity index (χ2n) is 9.03. The fourth-order valence-electron chi connectivity index (χ4n) is 5.61. The number of para-hydroxylation sites is 2. The highest BCUT2D eigenvalue weighted by atomic mass is 15.0. The van der Waals surface area contributed by atoms with Crippen molar-refractivity contribution < 1.29 is 0 Å². The Balaban J connectivity index is 1.76. The molecule has 6 aromatic rings. The van der Waals surface area contributed by atoms with E-state index in [2.05, 4.69) is 145 Å². The molecule has 0 saturated carbocycles. The van der Waals surface area contributed by atoms with Crippen molar-refractivity contribution >= 4 is 27.4 Å². The Labute approximate surface area is 206 Å². The number of aromatic nitrogens is 2. The zero-order chi connectivity index (χ0) is 23.9. The molecule has 0 radical (unpaired) electrons. The fraction of sp³-hybridized carbons (Fsp3) is 0.0909. The smallest absolute Gasteiger partial charge is 0.0568 e. The molecule has 0 fully saturated rings. The van der Waals surface area contributed by atoms with E-state index >= 15 is 0 Å². The summed E-state index contributed by atoms with van der Waals surface area (Å²) in [6.45, 7) is 2.17. The molecule has 0 saturated heterocycles. The van der Waals surface area contributed by atoms with Crippen molar-refractivity contribution in [2.45, 2.75) is 6.92 Å². The second-order valence-corrected chi connectivity index (χ2v) is 9.03. The number of fused-ring (bicyclic) bond motifs is 2. The van der Waals surface area contributed by atoms with Gasteiger partial charge in [-0.1, -0.05) is 103 Å². The van der Waals surface area contributed by atoms with Crippen molar-refractivity contribution in [3.63, 3.8) is 0 Å². The number of allylic oxidation sites excluding steroid dienone is 1. The molecule has 0 bridgehead atoms. The van der Waals surface area contributed by atoms with Gasteiger partial charge in [-0.25, -0.2) is 0 Å². The maximum atomic E-state index is 2.34. The molecular formula is C33H28N2. The monoisotopic (exact) mass is 452 g/mol. The highest BCUT2D eigenvalue weighted by molar-refractivity contribution is 6.11. The van der Waals surface area contributed by atoms with Gasteiger partial charge in [-0.3, -0.25) is 0 Å². The van der Waals surface area contributed by atoms with Gasteiger partial charge in [-0.05, 0) is 35.8 Å². The van der Waals surface area contributed by atoms with Crippen molar-refractivity contribution in [3.8, 4) is 22.5 Å². The molecule has 0 aliphatic rings. The third kappa shape index (κ3) is 3.25. The Morgan fingerprint density at radius 1 is 0.514 bits per heavy atom. The van der Waals surface area contributed by atoms with Crippen LogP contribution in [0.4, 0.5) is 0 Å². The van der Waals surface area contributed by atoms with Gasteiger partial charge in [0.15, 0.2) is 0 Å². The molecule has 0 aliphatic carbocycles. The van der Waals surface area contributed by atoms with Crippen LogP contribution in [0.1, 0.15) is 18.1 Å². The van der Waals surface area contributed by atoms with Crippen molar-refractivity contribution in [1.29, 1.82) is 0 Å². The van der Waals surface area contributed by atoms with Crippen molar-refractivity contribution in [2.75, 3.05) is 0 Å². The first-order valence-electron chi connectivity index (χ1n) is 12.1. The first-order chi connectivity index (χ1) is 17.2. The van der Waals surface area contributed by atoms with E-state index in [0.29, 0.717) is 0 Å². The van der Waals surface area contributed by atoms with Crippen LogP contribution in [0.25, 0.3) is 49.9 Å². The zero-order valence-corrected chi connectivity index (χ0v) is 20.4. The molecule has 6 rings (SSSR count). The molecule has 170 valence electrons. The number of rotatable bonds is 4. The van der Waals surface area contributed by atoms with Gasteiger partial charge in [0.25, 0.3) is 0 Å².